The summed E-state index contributed by atoms with van der Waals surface area (Å²) < 4.78 is 42.9. The fourth-order valence-electron chi connectivity index (χ4n) is 1.38. The lowest BCUT2D eigenvalue weighted by Gasteiger charge is -2.10. The highest BCUT2D eigenvalue weighted by molar-refractivity contribution is 5.75. The van der Waals surface area contributed by atoms with Crippen molar-refractivity contribution >= 4 is 5.91 Å². The SMILES string of the molecule is COCCNC(=O)Cn1cccc(C(F)(F)F)c1=O. The quantitative estimate of drug-likeness (QED) is 0.804. The number of halogens is 3. The maximum atomic E-state index is 12.5. The lowest BCUT2D eigenvalue weighted by molar-refractivity contribution is -0.139. The van der Waals surface area contributed by atoms with Gasteiger partial charge in [0.1, 0.15) is 12.1 Å². The van der Waals surface area contributed by atoms with Crippen LogP contribution >= 0.6 is 0 Å². The second kappa shape index (κ2) is 6.37. The predicted molar refractivity (Wildman–Crippen MR) is 60.6 cm³/mol. The van der Waals surface area contributed by atoms with Crippen LogP contribution in [0, 0.1) is 0 Å². The molecule has 1 amide bonds. The van der Waals surface area contributed by atoms with Gasteiger partial charge in [0, 0.05) is 19.9 Å². The largest absolute Gasteiger partial charge is 0.421 e. The number of rotatable bonds is 5. The number of carbonyl (C=O) groups excluding carboxylic acids is 1. The van der Waals surface area contributed by atoms with Crippen LogP contribution in [0.2, 0.25) is 0 Å². The van der Waals surface area contributed by atoms with Gasteiger partial charge in [0.05, 0.1) is 6.61 Å². The molecule has 1 rings (SSSR count). The standard InChI is InChI=1S/C11H13F3N2O3/c1-19-6-4-15-9(17)7-16-5-2-3-8(10(16)18)11(12,13)14/h2-3,5H,4,6-7H2,1H3,(H,15,17). The fraction of sp³-hybridized carbons (Fsp3) is 0.455. The second-order valence-electron chi connectivity index (χ2n) is 3.70. The number of alkyl halides is 3. The van der Waals surface area contributed by atoms with Crippen LogP contribution in [0.1, 0.15) is 5.56 Å². The van der Waals surface area contributed by atoms with Crippen molar-refractivity contribution in [3.63, 3.8) is 0 Å². The first-order valence-electron chi connectivity index (χ1n) is 5.38. The lowest BCUT2D eigenvalue weighted by Crippen LogP contribution is -2.35. The van der Waals surface area contributed by atoms with E-state index in [4.69, 9.17) is 4.74 Å². The Bertz CT molecular complexity index is 497. The van der Waals surface area contributed by atoms with E-state index in [-0.39, 0.29) is 13.2 Å². The zero-order chi connectivity index (χ0) is 14.5. The van der Waals surface area contributed by atoms with Crippen LogP contribution in [0.5, 0.6) is 0 Å². The minimum atomic E-state index is -4.73. The van der Waals surface area contributed by atoms with Gasteiger partial charge in [0.25, 0.3) is 5.56 Å². The first-order valence-corrected chi connectivity index (χ1v) is 5.38. The molecule has 5 nitrogen and oxygen atoms in total. The van der Waals surface area contributed by atoms with Gasteiger partial charge in [-0.05, 0) is 12.1 Å². The maximum absolute atomic E-state index is 12.5. The van der Waals surface area contributed by atoms with Crippen molar-refractivity contribution in [1.82, 2.24) is 9.88 Å². The zero-order valence-electron chi connectivity index (χ0n) is 10.2. The molecule has 0 aromatic carbocycles. The molecule has 0 spiro atoms. The topological polar surface area (TPSA) is 60.3 Å². The molecule has 0 saturated heterocycles. The van der Waals surface area contributed by atoms with E-state index in [2.05, 4.69) is 5.32 Å². The fourth-order valence-corrected chi connectivity index (χ4v) is 1.38. The number of hydrogen-bond donors (Lipinski definition) is 1. The second-order valence-corrected chi connectivity index (χ2v) is 3.70. The molecule has 8 heteroatoms. The molecule has 0 aliphatic carbocycles. The zero-order valence-corrected chi connectivity index (χ0v) is 10.2. The maximum Gasteiger partial charge on any atom is 0.421 e. The molecule has 106 valence electrons. The van der Waals surface area contributed by atoms with E-state index >= 15 is 0 Å². The van der Waals surface area contributed by atoms with Gasteiger partial charge in [-0.2, -0.15) is 13.2 Å². The van der Waals surface area contributed by atoms with Gasteiger partial charge >= 0.3 is 6.18 Å². The molecule has 0 radical (unpaired) electrons. The van der Waals surface area contributed by atoms with Crippen LogP contribution in [0.25, 0.3) is 0 Å². The highest BCUT2D eigenvalue weighted by Gasteiger charge is 2.34. The molecule has 1 N–H and O–H groups in total. The average molecular weight is 278 g/mol. The summed E-state index contributed by atoms with van der Waals surface area (Å²) in [6.45, 7) is 0.0404. The number of pyridine rings is 1. The van der Waals surface area contributed by atoms with Crippen LogP contribution < -0.4 is 10.9 Å². The van der Waals surface area contributed by atoms with Crippen molar-refractivity contribution in [2.75, 3.05) is 20.3 Å². The summed E-state index contributed by atoms with van der Waals surface area (Å²) in [6, 6.07) is 1.76. The summed E-state index contributed by atoms with van der Waals surface area (Å²) in [6.07, 6.45) is -3.60. The van der Waals surface area contributed by atoms with Gasteiger partial charge in [-0.1, -0.05) is 0 Å². The Labute approximate surface area is 107 Å². The van der Waals surface area contributed by atoms with Crippen LogP contribution in [0.15, 0.2) is 23.1 Å². The van der Waals surface area contributed by atoms with Crippen molar-refractivity contribution in [3.8, 4) is 0 Å². The molecular weight excluding hydrogens is 265 g/mol. The van der Waals surface area contributed by atoms with Crippen molar-refractivity contribution < 1.29 is 22.7 Å². The van der Waals surface area contributed by atoms with Gasteiger partial charge in [-0.25, -0.2) is 0 Å². The molecule has 0 unspecified atom stereocenters. The summed E-state index contributed by atoms with van der Waals surface area (Å²) in [5, 5.41) is 2.41. The number of amides is 1. The Hall–Kier alpha value is -1.83. The normalized spacial score (nSPS) is 11.4. The molecule has 1 aromatic heterocycles. The minimum Gasteiger partial charge on any atom is -0.383 e. The number of nitrogens with zero attached hydrogens (tertiary/aromatic N) is 1. The smallest absolute Gasteiger partial charge is 0.383 e. The van der Waals surface area contributed by atoms with Crippen LogP contribution in [0.3, 0.4) is 0 Å². The molecule has 1 heterocycles. The number of nitrogens with one attached hydrogen (secondary N) is 1. The van der Waals surface area contributed by atoms with Gasteiger partial charge < -0.3 is 14.6 Å². The van der Waals surface area contributed by atoms with Gasteiger partial charge in [0.2, 0.25) is 5.91 Å². The summed E-state index contributed by atoms with van der Waals surface area (Å²) in [5.74, 6) is -0.557. The van der Waals surface area contributed by atoms with E-state index < -0.39 is 29.8 Å². The molecule has 0 aliphatic heterocycles. The lowest BCUT2D eigenvalue weighted by atomic mass is 10.2. The van der Waals surface area contributed by atoms with E-state index in [9.17, 15) is 22.8 Å². The Morgan fingerprint density at radius 3 is 2.74 bits per heavy atom. The van der Waals surface area contributed by atoms with Gasteiger partial charge in [-0.15, -0.1) is 0 Å². The van der Waals surface area contributed by atoms with E-state index in [1.165, 1.54) is 7.11 Å². The summed E-state index contributed by atoms with van der Waals surface area (Å²) in [7, 11) is 1.45. The Kier molecular flexibility index (Phi) is 5.11. The summed E-state index contributed by atoms with van der Waals surface area (Å²) in [5.41, 5.74) is -2.53. The van der Waals surface area contributed by atoms with Gasteiger partial charge in [-0.3, -0.25) is 9.59 Å². The molecule has 0 bridgehead atoms. The molecule has 0 fully saturated rings. The number of methoxy groups -OCH3 is 1. The number of carbonyl (C=O) groups is 1. The van der Waals surface area contributed by atoms with Crippen LogP contribution in [-0.2, 0) is 22.3 Å². The van der Waals surface area contributed by atoms with Crippen molar-refractivity contribution in [1.29, 1.82) is 0 Å². The average Bonchev–Trinajstić information content (AvgIpc) is 2.30. The third-order valence-electron chi connectivity index (χ3n) is 2.27. The Morgan fingerprint density at radius 2 is 2.16 bits per heavy atom. The number of aromatic nitrogens is 1. The van der Waals surface area contributed by atoms with Crippen LogP contribution in [-0.4, -0.2) is 30.7 Å². The molecule has 0 saturated carbocycles. The van der Waals surface area contributed by atoms with E-state index in [1.807, 2.05) is 0 Å². The van der Waals surface area contributed by atoms with E-state index in [1.54, 1.807) is 0 Å². The molecule has 0 atom stereocenters. The Balaban J connectivity index is 2.80. The molecule has 0 aliphatic rings. The van der Waals surface area contributed by atoms with E-state index in [0.717, 1.165) is 12.3 Å². The first kappa shape index (κ1) is 15.2. The van der Waals surface area contributed by atoms with Crippen LogP contribution in [0.4, 0.5) is 13.2 Å². The molecular formula is C11H13F3N2O3. The highest BCUT2D eigenvalue weighted by Crippen LogP contribution is 2.25. The molecule has 1 aromatic rings. The highest BCUT2D eigenvalue weighted by atomic mass is 19.4. The first-order chi connectivity index (χ1) is 8.86. The number of hydrogen-bond acceptors (Lipinski definition) is 3. The molecule has 19 heavy (non-hydrogen) atoms. The van der Waals surface area contributed by atoms with Crippen molar-refractivity contribution in [2.24, 2.45) is 0 Å². The summed E-state index contributed by atoms with van der Waals surface area (Å²) >= 11 is 0. The third kappa shape index (κ3) is 4.40. The minimum absolute atomic E-state index is 0.225. The van der Waals surface area contributed by atoms with E-state index in [0.29, 0.717) is 10.6 Å². The summed E-state index contributed by atoms with van der Waals surface area (Å²) in [4.78, 5) is 22.9. The number of ether oxygens (including phenoxy) is 1. The van der Waals surface area contributed by atoms with Gasteiger partial charge in [0.15, 0.2) is 0 Å². The Morgan fingerprint density at radius 1 is 1.47 bits per heavy atom. The predicted octanol–water partition coefficient (Wildman–Crippen LogP) is 0.630. The van der Waals surface area contributed by atoms with Crippen molar-refractivity contribution in [3.05, 3.63) is 34.2 Å². The van der Waals surface area contributed by atoms with Crippen molar-refractivity contribution in [2.45, 2.75) is 12.7 Å². The monoisotopic (exact) mass is 278 g/mol. The third-order valence-corrected chi connectivity index (χ3v) is 2.27.